The molecule has 0 spiro atoms. The van der Waals surface area contributed by atoms with Gasteiger partial charge in [0, 0.05) is 0 Å². The molecule has 0 fully saturated rings. The number of hydrogen-bond acceptors (Lipinski definition) is 7. The Morgan fingerprint density at radius 3 is 2.47 bits per heavy atom. The monoisotopic (exact) mass is 410 g/mol. The van der Waals surface area contributed by atoms with E-state index in [0.717, 1.165) is 11.1 Å². The Bertz CT molecular complexity index is 1250. The molecule has 8 heteroatoms. The molecule has 8 nitrogen and oxygen atoms in total. The van der Waals surface area contributed by atoms with Crippen molar-refractivity contribution in [3.05, 3.63) is 52.2 Å². The van der Waals surface area contributed by atoms with Gasteiger partial charge in [0.2, 0.25) is 11.1 Å². The summed E-state index contributed by atoms with van der Waals surface area (Å²) in [6, 6.07) is 6.40. The van der Waals surface area contributed by atoms with Gasteiger partial charge in [-0.05, 0) is 51.5 Å². The van der Waals surface area contributed by atoms with Crippen molar-refractivity contribution in [1.82, 2.24) is 4.98 Å². The summed E-state index contributed by atoms with van der Waals surface area (Å²) in [7, 11) is 1.19. The van der Waals surface area contributed by atoms with E-state index in [4.69, 9.17) is 13.9 Å². The van der Waals surface area contributed by atoms with Crippen LogP contribution in [0.3, 0.4) is 0 Å². The fourth-order valence-electron chi connectivity index (χ4n) is 2.81. The molecule has 0 aliphatic carbocycles. The van der Waals surface area contributed by atoms with Crippen molar-refractivity contribution in [2.24, 2.45) is 0 Å². The fourth-order valence-corrected chi connectivity index (χ4v) is 2.81. The standard InChI is InChI=1S/C22H22N2O6/c1-11(2)12-7-8-16-13(9-12)17(25)14-10-15(20(26)28-6)18(23-19(14)29-16)24-21(27)30-22(3,4)5/h7-10H,1H2,2-6H3,(H,23,24,27). The Labute approximate surface area is 172 Å². The summed E-state index contributed by atoms with van der Waals surface area (Å²) >= 11 is 0. The van der Waals surface area contributed by atoms with E-state index in [2.05, 4.69) is 16.9 Å². The van der Waals surface area contributed by atoms with Crippen molar-refractivity contribution >= 4 is 45.5 Å². The number of ether oxygens (including phenoxy) is 2. The van der Waals surface area contributed by atoms with Gasteiger partial charge in [-0.15, -0.1) is 0 Å². The molecular formula is C22H22N2O6. The predicted octanol–water partition coefficient (Wildman–Crippen LogP) is 4.51. The van der Waals surface area contributed by atoms with E-state index >= 15 is 0 Å². The van der Waals surface area contributed by atoms with Crippen LogP contribution in [0.15, 0.2) is 40.1 Å². The molecule has 3 rings (SSSR count). The van der Waals surface area contributed by atoms with Crippen LogP contribution in [0.25, 0.3) is 27.6 Å². The number of amides is 1. The second-order valence-corrected chi connectivity index (χ2v) is 7.78. The molecule has 0 atom stereocenters. The SMILES string of the molecule is C=C(C)c1ccc2oc3nc(NC(=O)OC(C)(C)C)c(C(=O)OC)cc3c(=O)c2c1. The normalized spacial score (nSPS) is 11.4. The Kier molecular flexibility index (Phi) is 5.35. The van der Waals surface area contributed by atoms with Crippen LogP contribution in [0.2, 0.25) is 0 Å². The number of pyridine rings is 1. The predicted molar refractivity (Wildman–Crippen MR) is 114 cm³/mol. The van der Waals surface area contributed by atoms with Gasteiger partial charge >= 0.3 is 12.1 Å². The lowest BCUT2D eigenvalue weighted by molar-refractivity contribution is 0.0601. The number of carbonyl (C=O) groups is 2. The molecule has 0 radical (unpaired) electrons. The highest BCUT2D eigenvalue weighted by Crippen LogP contribution is 2.25. The maximum Gasteiger partial charge on any atom is 0.413 e. The smallest absolute Gasteiger partial charge is 0.413 e. The average molecular weight is 410 g/mol. The number of methoxy groups -OCH3 is 1. The zero-order valence-corrected chi connectivity index (χ0v) is 17.4. The van der Waals surface area contributed by atoms with Crippen LogP contribution in [0.4, 0.5) is 10.6 Å². The molecule has 1 amide bonds. The minimum Gasteiger partial charge on any atom is -0.465 e. The summed E-state index contributed by atoms with van der Waals surface area (Å²) in [6.45, 7) is 10.8. The highest BCUT2D eigenvalue weighted by atomic mass is 16.6. The van der Waals surface area contributed by atoms with Gasteiger partial charge in [-0.25, -0.2) is 9.59 Å². The minimum absolute atomic E-state index is 0.0331. The van der Waals surface area contributed by atoms with Gasteiger partial charge in [0.25, 0.3) is 0 Å². The van der Waals surface area contributed by atoms with Crippen LogP contribution < -0.4 is 10.7 Å². The third-order valence-corrected chi connectivity index (χ3v) is 4.18. The maximum atomic E-state index is 13.1. The second-order valence-electron chi connectivity index (χ2n) is 7.78. The molecule has 1 N–H and O–H groups in total. The zero-order valence-electron chi connectivity index (χ0n) is 17.4. The van der Waals surface area contributed by atoms with E-state index in [9.17, 15) is 14.4 Å². The lowest BCUT2D eigenvalue weighted by atomic mass is 10.1. The molecule has 2 aromatic heterocycles. The number of hydrogen-bond donors (Lipinski definition) is 1. The molecule has 1 aromatic carbocycles. The Morgan fingerprint density at radius 2 is 1.87 bits per heavy atom. The van der Waals surface area contributed by atoms with Gasteiger partial charge in [0.05, 0.1) is 17.9 Å². The number of nitrogens with zero attached hydrogens (tertiary/aromatic N) is 1. The Hall–Kier alpha value is -3.68. The summed E-state index contributed by atoms with van der Waals surface area (Å²) in [5, 5.41) is 2.83. The van der Waals surface area contributed by atoms with Crippen LogP contribution >= 0.6 is 0 Å². The van der Waals surface area contributed by atoms with Gasteiger partial charge in [-0.2, -0.15) is 4.98 Å². The molecule has 156 valence electrons. The first kappa shape index (κ1) is 21.0. The third-order valence-electron chi connectivity index (χ3n) is 4.18. The first-order valence-corrected chi connectivity index (χ1v) is 9.16. The quantitative estimate of drug-likeness (QED) is 0.500. The molecular weight excluding hydrogens is 388 g/mol. The van der Waals surface area contributed by atoms with E-state index in [1.165, 1.54) is 13.2 Å². The minimum atomic E-state index is -0.811. The number of benzene rings is 1. The number of rotatable bonds is 3. The van der Waals surface area contributed by atoms with Crippen molar-refractivity contribution < 1.29 is 23.5 Å². The molecule has 0 unspecified atom stereocenters. The van der Waals surface area contributed by atoms with Crippen molar-refractivity contribution in [2.75, 3.05) is 12.4 Å². The molecule has 3 aromatic rings. The number of carbonyl (C=O) groups excluding carboxylic acids is 2. The molecule has 2 heterocycles. The lowest BCUT2D eigenvalue weighted by Crippen LogP contribution is -2.28. The van der Waals surface area contributed by atoms with Crippen molar-refractivity contribution in [2.45, 2.75) is 33.3 Å². The van der Waals surface area contributed by atoms with Crippen molar-refractivity contribution in [3.8, 4) is 0 Å². The number of allylic oxidation sites excluding steroid dienone is 1. The summed E-state index contributed by atoms with van der Waals surface area (Å²) in [5.74, 6) is -0.907. The number of anilines is 1. The molecule has 0 bridgehead atoms. The van der Waals surface area contributed by atoms with Crippen LogP contribution in [-0.4, -0.2) is 29.8 Å². The molecule has 0 aliphatic heterocycles. The molecule has 0 saturated heterocycles. The first-order valence-electron chi connectivity index (χ1n) is 9.16. The highest BCUT2D eigenvalue weighted by Gasteiger charge is 2.23. The topological polar surface area (TPSA) is 108 Å². The molecule has 30 heavy (non-hydrogen) atoms. The second kappa shape index (κ2) is 7.62. The van der Waals surface area contributed by atoms with Crippen molar-refractivity contribution in [3.63, 3.8) is 0 Å². The van der Waals surface area contributed by atoms with Crippen LogP contribution in [0, 0.1) is 0 Å². The number of fused-ring (bicyclic) bond motifs is 2. The van der Waals surface area contributed by atoms with E-state index in [0.29, 0.717) is 11.0 Å². The Balaban J connectivity index is 2.22. The summed E-state index contributed by atoms with van der Waals surface area (Å²) < 4.78 is 15.7. The van der Waals surface area contributed by atoms with Crippen LogP contribution in [0.5, 0.6) is 0 Å². The first-order chi connectivity index (χ1) is 14.0. The maximum absolute atomic E-state index is 13.1. The van der Waals surface area contributed by atoms with Gasteiger partial charge in [-0.3, -0.25) is 10.1 Å². The number of aromatic nitrogens is 1. The van der Waals surface area contributed by atoms with Gasteiger partial charge < -0.3 is 13.9 Å². The Morgan fingerprint density at radius 1 is 1.17 bits per heavy atom. The molecule has 0 aliphatic rings. The lowest BCUT2D eigenvalue weighted by Gasteiger charge is -2.20. The average Bonchev–Trinajstić information content (AvgIpc) is 2.65. The fraction of sp³-hybridized carbons (Fsp3) is 0.273. The number of nitrogens with one attached hydrogen (secondary N) is 1. The highest BCUT2D eigenvalue weighted by molar-refractivity contribution is 6.02. The van der Waals surface area contributed by atoms with E-state index in [1.807, 2.05) is 6.92 Å². The van der Waals surface area contributed by atoms with Gasteiger partial charge in [-0.1, -0.05) is 18.2 Å². The summed E-state index contributed by atoms with van der Waals surface area (Å²) in [4.78, 5) is 41.7. The van der Waals surface area contributed by atoms with Gasteiger partial charge in [0.15, 0.2) is 5.82 Å². The van der Waals surface area contributed by atoms with Crippen LogP contribution in [-0.2, 0) is 9.47 Å². The third kappa shape index (κ3) is 4.17. The van der Waals surface area contributed by atoms with Crippen molar-refractivity contribution in [1.29, 1.82) is 0 Å². The summed E-state index contributed by atoms with van der Waals surface area (Å²) in [6.07, 6.45) is -0.811. The largest absolute Gasteiger partial charge is 0.465 e. The number of esters is 1. The van der Waals surface area contributed by atoms with E-state index in [-0.39, 0.29) is 27.9 Å². The van der Waals surface area contributed by atoms with E-state index < -0.39 is 17.7 Å². The zero-order chi connectivity index (χ0) is 22.2. The van der Waals surface area contributed by atoms with E-state index in [1.54, 1.807) is 39.0 Å². The van der Waals surface area contributed by atoms with Gasteiger partial charge in [0.1, 0.15) is 16.7 Å². The van der Waals surface area contributed by atoms with Crippen LogP contribution in [0.1, 0.15) is 43.6 Å². The molecule has 0 saturated carbocycles. The summed E-state index contributed by atoms with van der Waals surface area (Å²) in [5.41, 5.74) is 0.652.